The van der Waals surface area contributed by atoms with Crippen LogP contribution in [0.3, 0.4) is 0 Å². The van der Waals surface area contributed by atoms with Gasteiger partial charge in [-0.3, -0.25) is 4.79 Å². The van der Waals surface area contributed by atoms with Gasteiger partial charge in [0.25, 0.3) is 0 Å². The summed E-state index contributed by atoms with van der Waals surface area (Å²) in [6, 6.07) is 0. The van der Waals surface area contributed by atoms with Crippen molar-refractivity contribution in [1.82, 2.24) is 5.32 Å². The zero-order chi connectivity index (χ0) is 9.99. The third-order valence-electron chi connectivity index (χ3n) is 1.33. The molecule has 0 saturated carbocycles. The highest BCUT2D eigenvalue weighted by Gasteiger charge is 2.28. The fourth-order valence-electron chi connectivity index (χ4n) is 0.469. The van der Waals surface area contributed by atoms with E-state index in [0.29, 0.717) is 0 Å². The number of halogens is 1. The van der Waals surface area contributed by atoms with Gasteiger partial charge in [-0.2, -0.15) is 0 Å². The minimum Gasteiger partial charge on any atom is -0.339 e. The van der Waals surface area contributed by atoms with Crippen molar-refractivity contribution in [2.24, 2.45) is 0 Å². The predicted molar refractivity (Wildman–Crippen MR) is 54.1 cm³/mol. The van der Waals surface area contributed by atoms with Gasteiger partial charge in [0.05, 0.1) is 9.86 Å². The summed E-state index contributed by atoms with van der Waals surface area (Å²) in [4.78, 5) is 11.4. The summed E-state index contributed by atoms with van der Waals surface area (Å²) in [6.45, 7) is 7.11. The van der Waals surface area contributed by atoms with Crippen molar-refractivity contribution in [2.45, 2.75) is 37.6 Å². The molecular weight excluding hydrogens is 218 g/mol. The van der Waals surface area contributed by atoms with Gasteiger partial charge in [0, 0.05) is 0 Å². The summed E-state index contributed by atoms with van der Waals surface area (Å²) in [6.07, 6.45) is 5.22. The maximum absolute atomic E-state index is 11.4. The van der Waals surface area contributed by atoms with Crippen molar-refractivity contribution in [3.05, 3.63) is 0 Å². The number of alkyl halides is 1. The van der Waals surface area contributed by atoms with E-state index in [1.54, 1.807) is 27.7 Å². The first-order valence-electron chi connectivity index (χ1n) is 3.68. The standard InChI is InChI=1S/C9H14BrNO/c1-6-8(2,3)11-7(12)9(4,5)10/h1H,2-5H3,(H,11,12). The Labute approximate surface area is 82.2 Å². The van der Waals surface area contributed by atoms with Gasteiger partial charge < -0.3 is 5.32 Å². The molecule has 0 spiro atoms. The Hall–Kier alpha value is -0.490. The quantitative estimate of drug-likeness (QED) is 0.569. The number of carbonyl (C=O) groups excluding carboxylic acids is 1. The van der Waals surface area contributed by atoms with E-state index in [1.165, 1.54) is 0 Å². The van der Waals surface area contributed by atoms with Crippen molar-refractivity contribution < 1.29 is 4.79 Å². The van der Waals surface area contributed by atoms with Crippen molar-refractivity contribution in [2.75, 3.05) is 0 Å². The molecule has 3 heteroatoms. The van der Waals surface area contributed by atoms with Crippen LogP contribution in [-0.2, 0) is 4.79 Å². The molecule has 0 rings (SSSR count). The van der Waals surface area contributed by atoms with Crippen molar-refractivity contribution in [3.8, 4) is 12.3 Å². The van der Waals surface area contributed by atoms with E-state index >= 15 is 0 Å². The van der Waals surface area contributed by atoms with Crippen molar-refractivity contribution in [3.63, 3.8) is 0 Å². The molecule has 0 fully saturated rings. The van der Waals surface area contributed by atoms with Gasteiger partial charge in [0.15, 0.2) is 0 Å². The Morgan fingerprint density at radius 2 is 1.83 bits per heavy atom. The molecule has 0 aliphatic heterocycles. The van der Waals surface area contributed by atoms with E-state index < -0.39 is 9.86 Å². The average molecular weight is 232 g/mol. The molecule has 0 aromatic heterocycles. The zero-order valence-corrected chi connectivity index (χ0v) is 9.45. The molecule has 0 saturated heterocycles. The number of carbonyl (C=O) groups is 1. The molecular formula is C9H14BrNO. The number of terminal acetylenes is 1. The largest absolute Gasteiger partial charge is 0.339 e. The van der Waals surface area contributed by atoms with E-state index in [0.717, 1.165) is 0 Å². The first-order valence-corrected chi connectivity index (χ1v) is 4.47. The van der Waals surface area contributed by atoms with Gasteiger partial charge in [-0.15, -0.1) is 6.42 Å². The van der Waals surface area contributed by atoms with Crippen LogP contribution in [0.4, 0.5) is 0 Å². The molecule has 0 atom stereocenters. The molecule has 12 heavy (non-hydrogen) atoms. The molecule has 1 N–H and O–H groups in total. The second-order valence-electron chi connectivity index (χ2n) is 3.70. The first-order chi connectivity index (χ1) is 5.19. The maximum Gasteiger partial charge on any atom is 0.237 e. The van der Waals surface area contributed by atoms with Crippen molar-refractivity contribution in [1.29, 1.82) is 0 Å². The lowest BCUT2D eigenvalue weighted by Gasteiger charge is -2.24. The smallest absolute Gasteiger partial charge is 0.237 e. The fraction of sp³-hybridized carbons (Fsp3) is 0.667. The highest BCUT2D eigenvalue weighted by atomic mass is 79.9. The van der Waals surface area contributed by atoms with Crippen molar-refractivity contribution >= 4 is 21.8 Å². The van der Waals surface area contributed by atoms with Crippen LogP contribution >= 0.6 is 15.9 Å². The Bertz CT molecular complexity index is 220. The van der Waals surface area contributed by atoms with Crippen LogP contribution in [0.25, 0.3) is 0 Å². The van der Waals surface area contributed by atoms with Crippen LogP contribution in [-0.4, -0.2) is 15.8 Å². The second kappa shape index (κ2) is 3.49. The molecule has 0 aliphatic rings. The SMILES string of the molecule is C#CC(C)(C)NC(=O)C(C)(C)Br. The molecule has 68 valence electrons. The molecule has 0 aromatic carbocycles. The van der Waals surface area contributed by atoms with Crippen LogP contribution in [0.5, 0.6) is 0 Å². The number of hydrogen-bond donors (Lipinski definition) is 1. The molecule has 0 bridgehead atoms. The molecule has 0 aromatic rings. The third kappa shape index (κ3) is 3.77. The summed E-state index contributed by atoms with van der Waals surface area (Å²) >= 11 is 3.25. The van der Waals surface area contributed by atoms with Gasteiger partial charge in [0.1, 0.15) is 0 Å². The van der Waals surface area contributed by atoms with Gasteiger partial charge in [-0.1, -0.05) is 21.9 Å². The Morgan fingerprint density at radius 1 is 1.42 bits per heavy atom. The lowest BCUT2D eigenvalue weighted by Crippen LogP contribution is -2.48. The Balaban J connectivity index is 4.33. The van der Waals surface area contributed by atoms with Gasteiger partial charge in [-0.05, 0) is 27.7 Å². The van der Waals surface area contributed by atoms with Crippen LogP contribution in [0.2, 0.25) is 0 Å². The number of nitrogens with one attached hydrogen (secondary N) is 1. The summed E-state index contributed by atoms with van der Waals surface area (Å²) < 4.78 is -0.568. The summed E-state index contributed by atoms with van der Waals surface area (Å²) in [5, 5.41) is 2.72. The topological polar surface area (TPSA) is 29.1 Å². The zero-order valence-electron chi connectivity index (χ0n) is 7.86. The normalized spacial score (nSPS) is 12.0. The average Bonchev–Trinajstić information content (AvgIpc) is 1.85. The van der Waals surface area contributed by atoms with Gasteiger partial charge in [-0.25, -0.2) is 0 Å². The van der Waals surface area contributed by atoms with E-state index in [9.17, 15) is 4.79 Å². The monoisotopic (exact) mass is 231 g/mol. The molecule has 0 unspecified atom stereocenters. The summed E-state index contributed by atoms with van der Waals surface area (Å²) in [7, 11) is 0. The Morgan fingerprint density at radius 3 is 2.08 bits per heavy atom. The first kappa shape index (κ1) is 11.5. The number of hydrogen-bond acceptors (Lipinski definition) is 1. The van der Waals surface area contributed by atoms with Crippen LogP contribution < -0.4 is 5.32 Å². The minimum absolute atomic E-state index is 0.106. The number of rotatable bonds is 2. The molecule has 2 nitrogen and oxygen atoms in total. The van der Waals surface area contributed by atoms with E-state index in [2.05, 4.69) is 27.2 Å². The van der Waals surface area contributed by atoms with Crippen LogP contribution in [0, 0.1) is 12.3 Å². The molecule has 0 radical (unpaired) electrons. The third-order valence-corrected chi connectivity index (χ3v) is 1.69. The predicted octanol–water partition coefficient (Wildman–Crippen LogP) is 1.69. The van der Waals surface area contributed by atoms with Crippen LogP contribution in [0.1, 0.15) is 27.7 Å². The van der Waals surface area contributed by atoms with Crippen LogP contribution in [0.15, 0.2) is 0 Å². The van der Waals surface area contributed by atoms with Gasteiger partial charge in [0.2, 0.25) is 5.91 Å². The van der Waals surface area contributed by atoms with E-state index in [4.69, 9.17) is 6.42 Å². The number of amides is 1. The minimum atomic E-state index is -0.581. The van der Waals surface area contributed by atoms with Gasteiger partial charge >= 0.3 is 0 Å². The highest BCUT2D eigenvalue weighted by molar-refractivity contribution is 9.10. The summed E-state index contributed by atoms with van der Waals surface area (Å²) in [5.41, 5.74) is -0.581. The maximum atomic E-state index is 11.4. The molecule has 0 heterocycles. The lowest BCUT2D eigenvalue weighted by molar-refractivity contribution is -0.123. The van der Waals surface area contributed by atoms with E-state index in [-0.39, 0.29) is 5.91 Å². The Kier molecular flexibility index (Phi) is 3.34. The molecule has 0 aliphatic carbocycles. The second-order valence-corrected chi connectivity index (χ2v) is 5.68. The molecule has 1 amide bonds. The summed E-state index contributed by atoms with van der Waals surface area (Å²) in [5.74, 6) is 2.39. The fourth-order valence-corrected chi connectivity index (χ4v) is 0.568. The highest BCUT2D eigenvalue weighted by Crippen LogP contribution is 2.16. The van der Waals surface area contributed by atoms with E-state index in [1.807, 2.05) is 0 Å². The lowest BCUT2D eigenvalue weighted by atomic mass is 10.1.